The van der Waals surface area contributed by atoms with E-state index in [0.29, 0.717) is 18.3 Å². The number of alkyl halides is 3. The second kappa shape index (κ2) is 6.42. The van der Waals surface area contributed by atoms with Crippen LogP contribution in [0, 0.1) is 40.9 Å². The van der Waals surface area contributed by atoms with Gasteiger partial charge in [0.05, 0.1) is 6.10 Å². The summed E-state index contributed by atoms with van der Waals surface area (Å²) in [6.07, 6.45) is 5.77. The average Bonchev–Trinajstić information content (AvgIpc) is 2.88. The van der Waals surface area contributed by atoms with E-state index in [1.165, 1.54) is 25.7 Å². The number of hydrogen-bond acceptors (Lipinski definition) is 1. The summed E-state index contributed by atoms with van der Waals surface area (Å²) in [5.74, 6) is 3.93. The molecule has 1 N–H and O–H groups in total. The van der Waals surface area contributed by atoms with Gasteiger partial charge in [0.15, 0.2) is 0 Å². The van der Waals surface area contributed by atoms with Gasteiger partial charge in [-0.3, -0.25) is 0 Å². The van der Waals surface area contributed by atoms with Crippen molar-refractivity contribution in [3.63, 3.8) is 0 Å². The Morgan fingerprint density at radius 3 is 2.44 bits per heavy atom. The molecule has 0 bridgehead atoms. The van der Waals surface area contributed by atoms with Crippen molar-refractivity contribution >= 4 is 0 Å². The third-order valence-corrected chi connectivity index (χ3v) is 8.90. The molecule has 0 radical (unpaired) electrons. The second-order valence-corrected chi connectivity index (χ2v) is 9.87. The largest absolute Gasteiger partial charge is 0.393 e. The zero-order chi connectivity index (χ0) is 17.8. The van der Waals surface area contributed by atoms with Crippen molar-refractivity contribution in [2.75, 3.05) is 0 Å². The lowest BCUT2D eigenvalue weighted by Gasteiger charge is -2.56. The molecule has 4 fully saturated rings. The average molecular weight is 358 g/mol. The molecule has 4 aliphatic rings. The van der Waals surface area contributed by atoms with Crippen LogP contribution in [-0.4, -0.2) is 17.4 Å². The molecule has 25 heavy (non-hydrogen) atoms. The fourth-order valence-corrected chi connectivity index (χ4v) is 7.75. The number of hydrogen-bond donors (Lipinski definition) is 1. The first-order valence-corrected chi connectivity index (χ1v) is 10.5. The molecule has 1 nitrogen and oxygen atoms in total. The molecule has 0 amide bonds. The maximum absolute atomic E-state index is 12.7. The summed E-state index contributed by atoms with van der Waals surface area (Å²) in [7, 11) is 0. The fraction of sp³-hybridized carbons (Fsp3) is 1.00. The molecule has 0 heterocycles. The molecule has 0 aromatic carbocycles. The molecule has 0 saturated heterocycles. The first-order chi connectivity index (χ1) is 11.8. The molecule has 4 heteroatoms. The first-order valence-electron chi connectivity index (χ1n) is 10.5. The minimum Gasteiger partial charge on any atom is -0.393 e. The highest BCUT2D eigenvalue weighted by Crippen LogP contribution is 2.65. The van der Waals surface area contributed by atoms with Crippen molar-refractivity contribution in [2.24, 2.45) is 40.9 Å². The molecular formula is C21H33F3O. The summed E-state index contributed by atoms with van der Waals surface area (Å²) >= 11 is 0. The van der Waals surface area contributed by atoms with Crippen LogP contribution in [0.1, 0.15) is 77.6 Å². The maximum atomic E-state index is 12.7. The predicted octanol–water partition coefficient (Wildman–Crippen LogP) is 5.96. The number of halogens is 3. The number of rotatable bonds is 2. The van der Waals surface area contributed by atoms with E-state index in [2.05, 4.69) is 6.92 Å². The molecule has 0 aliphatic heterocycles. The van der Waals surface area contributed by atoms with Gasteiger partial charge in [0, 0.05) is 6.42 Å². The lowest BCUT2D eigenvalue weighted by molar-refractivity contribution is -0.141. The van der Waals surface area contributed by atoms with Gasteiger partial charge in [-0.15, -0.1) is 0 Å². The van der Waals surface area contributed by atoms with Crippen molar-refractivity contribution in [3.05, 3.63) is 0 Å². The highest BCUT2D eigenvalue weighted by molar-refractivity contribution is 5.06. The maximum Gasteiger partial charge on any atom is 0.389 e. The minimum atomic E-state index is -4.01. The van der Waals surface area contributed by atoms with Crippen molar-refractivity contribution in [1.82, 2.24) is 0 Å². The highest BCUT2D eigenvalue weighted by Gasteiger charge is 2.56. The van der Waals surface area contributed by atoms with Gasteiger partial charge in [-0.05, 0) is 105 Å². The summed E-state index contributed by atoms with van der Waals surface area (Å²) in [5.41, 5.74) is 0.146. The molecule has 8 atom stereocenters. The van der Waals surface area contributed by atoms with Crippen LogP contribution in [0.4, 0.5) is 13.2 Å². The molecular weight excluding hydrogens is 325 g/mol. The molecule has 7 unspecified atom stereocenters. The zero-order valence-corrected chi connectivity index (χ0v) is 15.4. The van der Waals surface area contributed by atoms with E-state index in [9.17, 15) is 18.3 Å². The fourth-order valence-electron chi connectivity index (χ4n) is 7.75. The van der Waals surface area contributed by atoms with Gasteiger partial charge in [-0.1, -0.05) is 6.92 Å². The Hall–Kier alpha value is -0.250. The van der Waals surface area contributed by atoms with Crippen LogP contribution in [0.3, 0.4) is 0 Å². The molecule has 144 valence electrons. The van der Waals surface area contributed by atoms with E-state index in [4.69, 9.17) is 0 Å². The zero-order valence-electron chi connectivity index (χ0n) is 15.4. The van der Waals surface area contributed by atoms with Gasteiger partial charge in [-0.2, -0.15) is 13.2 Å². The first kappa shape index (κ1) is 18.1. The summed E-state index contributed by atoms with van der Waals surface area (Å²) in [5, 5.41) is 10.0. The molecule has 0 aromatic heterocycles. The standard InChI is InChI=1S/C21H33F3O/c1-20-10-9-17-16-6-4-15(25)12-13(16)2-5-18(17)19(20)7-3-14(20)8-11-21(22,23)24/h13-19,25H,2-12H2,1H3/t13?,14?,15?,16?,17?,18?,19?,20-/m1/s1. The summed E-state index contributed by atoms with van der Waals surface area (Å²) in [6.45, 7) is 2.32. The third kappa shape index (κ3) is 3.26. The van der Waals surface area contributed by atoms with Crippen molar-refractivity contribution < 1.29 is 18.3 Å². The molecule has 0 aromatic rings. The quantitative estimate of drug-likeness (QED) is 0.646. The van der Waals surface area contributed by atoms with Crippen molar-refractivity contribution in [3.8, 4) is 0 Å². The lowest BCUT2D eigenvalue weighted by Crippen LogP contribution is -2.49. The Balaban J connectivity index is 1.46. The normalized spacial score (nSPS) is 50.0. The van der Waals surface area contributed by atoms with Crippen LogP contribution in [0.25, 0.3) is 0 Å². The Labute approximate surface area is 149 Å². The topological polar surface area (TPSA) is 20.2 Å². The van der Waals surface area contributed by atoms with Gasteiger partial charge < -0.3 is 5.11 Å². The number of aliphatic hydroxyl groups excluding tert-OH is 1. The number of fused-ring (bicyclic) bond motifs is 5. The Bertz CT molecular complexity index is 490. The molecule has 4 aliphatic carbocycles. The van der Waals surface area contributed by atoms with Crippen LogP contribution >= 0.6 is 0 Å². The van der Waals surface area contributed by atoms with E-state index in [0.717, 1.165) is 49.9 Å². The monoisotopic (exact) mass is 358 g/mol. The second-order valence-electron chi connectivity index (χ2n) is 9.87. The molecule has 4 rings (SSSR count). The number of aliphatic hydroxyl groups is 1. The Morgan fingerprint density at radius 1 is 0.920 bits per heavy atom. The van der Waals surface area contributed by atoms with Crippen LogP contribution in [-0.2, 0) is 0 Å². The van der Waals surface area contributed by atoms with Gasteiger partial charge >= 0.3 is 6.18 Å². The van der Waals surface area contributed by atoms with Crippen LogP contribution in [0.15, 0.2) is 0 Å². The van der Waals surface area contributed by atoms with Crippen LogP contribution in [0.5, 0.6) is 0 Å². The lowest BCUT2D eigenvalue weighted by atomic mass is 9.49. The molecule has 4 saturated carbocycles. The van der Waals surface area contributed by atoms with Crippen molar-refractivity contribution in [2.45, 2.75) is 89.8 Å². The van der Waals surface area contributed by atoms with E-state index >= 15 is 0 Å². The minimum absolute atomic E-state index is 0.0927. The third-order valence-electron chi connectivity index (χ3n) is 8.90. The Morgan fingerprint density at radius 2 is 1.68 bits per heavy atom. The van der Waals surface area contributed by atoms with Crippen LogP contribution in [0.2, 0.25) is 0 Å². The van der Waals surface area contributed by atoms with E-state index in [1.54, 1.807) is 0 Å². The van der Waals surface area contributed by atoms with Crippen molar-refractivity contribution in [1.29, 1.82) is 0 Å². The van der Waals surface area contributed by atoms with Gasteiger partial charge in [0.1, 0.15) is 0 Å². The smallest absolute Gasteiger partial charge is 0.389 e. The SMILES string of the molecule is C[C@]12CCC3C4CCC(O)CC4CCC3C1CCC2CCC(F)(F)F. The summed E-state index contributed by atoms with van der Waals surface area (Å²) in [6, 6.07) is 0. The van der Waals surface area contributed by atoms with E-state index < -0.39 is 12.6 Å². The predicted molar refractivity (Wildman–Crippen MR) is 91.9 cm³/mol. The van der Waals surface area contributed by atoms with Gasteiger partial charge in [-0.25, -0.2) is 0 Å². The summed E-state index contributed by atoms with van der Waals surface area (Å²) in [4.78, 5) is 0. The highest BCUT2D eigenvalue weighted by atomic mass is 19.4. The Kier molecular flexibility index (Phi) is 4.66. The van der Waals surface area contributed by atoms with Crippen LogP contribution < -0.4 is 0 Å². The van der Waals surface area contributed by atoms with Gasteiger partial charge in [0.25, 0.3) is 0 Å². The van der Waals surface area contributed by atoms with E-state index in [-0.39, 0.29) is 17.4 Å². The summed E-state index contributed by atoms with van der Waals surface area (Å²) < 4.78 is 38.2. The van der Waals surface area contributed by atoms with Gasteiger partial charge in [0.2, 0.25) is 0 Å². The van der Waals surface area contributed by atoms with E-state index in [1.807, 2.05) is 0 Å². The molecule has 0 spiro atoms.